The van der Waals surface area contributed by atoms with E-state index in [1.807, 2.05) is 25.1 Å². The van der Waals surface area contributed by atoms with Gasteiger partial charge in [0.1, 0.15) is 16.9 Å². The SMILES string of the molecule is Cc1sc2ncnc(Oc3ccc(NC(=O)c4ccccc4Br)cc3)c2c1C. The number of thiophene rings is 1. The molecule has 7 heteroatoms. The molecule has 28 heavy (non-hydrogen) atoms. The highest BCUT2D eigenvalue weighted by Gasteiger charge is 2.14. The molecule has 1 amide bonds. The number of hydrogen-bond acceptors (Lipinski definition) is 5. The summed E-state index contributed by atoms with van der Waals surface area (Å²) in [4.78, 5) is 23.1. The number of hydrogen-bond donors (Lipinski definition) is 1. The third kappa shape index (κ3) is 3.63. The Morgan fingerprint density at radius 2 is 1.82 bits per heavy atom. The van der Waals surface area contributed by atoms with Gasteiger partial charge in [-0.25, -0.2) is 9.97 Å². The molecule has 1 N–H and O–H groups in total. The first-order valence-electron chi connectivity index (χ1n) is 8.57. The Labute approximate surface area is 174 Å². The van der Waals surface area contributed by atoms with Gasteiger partial charge in [-0.3, -0.25) is 4.79 Å². The van der Waals surface area contributed by atoms with Crippen LogP contribution in [0.5, 0.6) is 11.6 Å². The summed E-state index contributed by atoms with van der Waals surface area (Å²) in [7, 11) is 0. The second-order valence-corrected chi connectivity index (χ2v) is 8.26. The van der Waals surface area contributed by atoms with Crippen LogP contribution in [0.2, 0.25) is 0 Å². The van der Waals surface area contributed by atoms with Crippen molar-refractivity contribution in [1.29, 1.82) is 0 Å². The number of ether oxygens (including phenoxy) is 1. The molecule has 2 aromatic heterocycles. The predicted octanol–water partition coefficient (Wildman–Crippen LogP) is 6.12. The fourth-order valence-corrected chi connectivity index (χ4v) is 4.24. The number of aryl methyl sites for hydroxylation is 2. The Balaban J connectivity index is 1.53. The zero-order valence-corrected chi connectivity index (χ0v) is 17.6. The van der Waals surface area contributed by atoms with Crippen molar-refractivity contribution in [3.63, 3.8) is 0 Å². The van der Waals surface area contributed by atoms with E-state index in [-0.39, 0.29) is 5.91 Å². The smallest absolute Gasteiger partial charge is 0.256 e. The van der Waals surface area contributed by atoms with Gasteiger partial charge in [0.05, 0.1) is 10.9 Å². The molecular weight excluding hydrogens is 438 g/mol. The molecule has 0 saturated carbocycles. The Kier molecular flexibility index (Phi) is 5.11. The number of fused-ring (bicyclic) bond motifs is 1. The topological polar surface area (TPSA) is 64.1 Å². The lowest BCUT2D eigenvalue weighted by Gasteiger charge is -2.09. The molecule has 0 spiro atoms. The lowest BCUT2D eigenvalue weighted by molar-refractivity contribution is 0.102. The van der Waals surface area contributed by atoms with Crippen molar-refractivity contribution in [3.05, 3.63) is 75.3 Å². The second-order valence-electron chi connectivity index (χ2n) is 6.20. The van der Waals surface area contributed by atoms with Gasteiger partial charge in [0.25, 0.3) is 5.91 Å². The minimum atomic E-state index is -0.178. The first-order valence-corrected chi connectivity index (χ1v) is 10.2. The van der Waals surface area contributed by atoms with Crippen LogP contribution in [-0.2, 0) is 0 Å². The van der Waals surface area contributed by atoms with Gasteiger partial charge < -0.3 is 10.1 Å². The first-order chi connectivity index (χ1) is 13.5. The molecule has 0 aliphatic heterocycles. The van der Waals surface area contributed by atoms with Crippen molar-refractivity contribution in [3.8, 4) is 11.6 Å². The second kappa shape index (κ2) is 7.69. The molecule has 4 rings (SSSR count). The maximum Gasteiger partial charge on any atom is 0.256 e. The highest BCUT2D eigenvalue weighted by atomic mass is 79.9. The highest BCUT2D eigenvalue weighted by Crippen LogP contribution is 2.35. The van der Waals surface area contributed by atoms with Gasteiger partial charge in [0.15, 0.2) is 0 Å². The summed E-state index contributed by atoms with van der Waals surface area (Å²) in [6, 6.07) is 14.5. The molecular formula is C21H16BrN3O2S. The number of anilines is 1. The molecule has 0 fully saturated rings. The van der Waals surface area contributed by atoms with E-state index >= 15 is 0 Å². The third-order valence-corrected chi connectivity index (χ3v) is 6.18. The van der Waals surface area contributed by atoms with E-state index in [1.54, 1.807) is 41.7 Å². The average Bonchev–Trinajstić information content (AvgIpc) is 2.98. The molecule has 0 saturated heterocycles. The lowest BCUT2D eigenvalue weighted by Crippen LogP contribution is -2.12. The van der Waals surface area contributed by atoms with Crippen molar-refractivity contribution in [2.75, 3.05) is 5.32 Å². The molecule has 2 heterocycles. The quantitative estimate of drug-likeness (QED) is 0.404. The summed E-state index contributed by atoms with van der Waals surface area (Å²) in [5, 5.41) is 3.82. The van der Waals surface area contributed by atoms with Crippen LogP contribution in [0.1, 0.15) is 20.8 Å². The summed E-state index contributed by atoms with van der Waals surface area (Å²) in [6.07, 6.45) is 1.51. The number of rotatable bonds is 4. The van der Waals surface area contributed by atoms with Crippen molar-refractivity contribution in [2.45, 2.75) is 13.8 Å². The number of halogens is 1. The van der Waals surface area contributed by atoms with E-state index in [9.17, 15) is 4.79 Å². The van der Waals surface area contributed by atoms with Gasteiger partial charge in [-0.1, -0.05) is 12.1 Å². The summed E-state index contributed by atoms with van der Waals surface area (Å²) in [6.45, 7) is 4.11. The summed E-state index contributed by atoms with van der Waals surface area (Å²) in [5.41, 5.74) is 2.39. The molecule has 2 aromatic carbocycles. The number of amides is 1. The molecule has 0 aliphatic rings. The maximum atomic E-state index is 12.4. The number of aromatic nitrogens is 2. The van der Waals surface area contributed by atoms with Gasteiger partial charge in [0, 0.05) is 15.0 Å². The minimum Gasteiger partial charge on any atom is -0.438 e. The van der Waals surface area contributed by atoms with Crippen LogP contribution in [-0.4, -0.2) is 15.9 Å². The van der Waals surface area contributed by atoms with Gasteiger partial charge in [-0.15, -0.1) is 11.3 Å². The number of nitrogens with zero attached hydrogens (tertiary/aromatic N) is 2. The number of carbonyl (C=O) groups is 1. The summed E-state index contributed by atoms with van der Waals surface area (Å²) < 4.78 is 6.74. The molecule has 5 nitrogen and oxygen atoms in total. The van der Waals surface area contributed by atoms with Crippen LogP contribution in [0, 0.1) is 13.8 Å². The van der Waals surface area contributed by atoms with Gasteiger partial charge in [-0.2, -0.15) is 0 Å². The van der Waals surface area contributed by atoms with E-state index in [4.69, 9.17) is 4.74 Å². The molecule has 0 bridgehead atoms. The maximum absolute atomic E-state index is 12.4. The monoisotopic (exact) mass is 453 g/mol. The van der Waals surface area contributed by atoms with Crippen molar-refractivity contribution in [2.24, 2.45) is 0 Å². The summed E-state index contributed by atoms with van der Waals surface area (Å²) in [5.74, 6) is 1.00. The van der Waals surface area contributed by atoms with Crippen LogP contribution >= 0.6 is 27.3 Å². The molecule has 140 valence electrons. The van der Waals surface area contributed by atoms with Gasteiger partial charge in [-0.05, 0) is 71.7 Å². The van der Waals surface area contributed by atoms with Crippen molar-refractivity contribution >= 4 is 49.1 Å². The number of benzene rings is 2. The zero-order chi connectivity index (χ0) is 19.7. The fraction of sp³-hybridized carbons (Fsp3) is 0.0952. The van der Waals surface area contributed by atoms with Crippen molar-refractivity contribution < 1.29 is 9.53 Å². The Hall–Kier alpha value is -2.77. The van der Waals surface area contributed by atoms with Gasteiger partial charge in [0.2, 0.25) is 5.88 Å². The Morgan fingerprint density at radius 3 is 2.57 bits per heavy atom. The normalized spacial score (nSPS) is 10.8. The zero-order valence-electron chi connectivity index (χ0n) is 15.2. The molecule has 0 unspecified atom stereocenters. The van der Waals surface area contributed by atoms with E-state index < -0.39 is 0 Å². The van der Waals surface area contributed by atoms with Crippen LogP contribution in [0.15, 0.2) is 59.3 Å². The van der Waals surface area contributed by atoms with Crippen molar-refractivity contribution in [1.82, 2.24) is 9.97 Å². The van der Waals surface area contributed by atoms with E-state index in [0.717, 1.165) is 20.3 Å². The molecule has 0 radical (unpaired) electrons. The highest BCUT2D eigenvalue weighted by molar-refractivity contribution is 9.10. The van der Waals surface area contributed by atoms with Gasteiger partial charge >= 0.3 is 0 Å². The predicted molar refractivity (Wildman–Crippen MR) is 116 cm³/mol. The molecule has 0 aliphatic carbocycles. The number of nitrogens with one attached hydrogen (secondary N) is 1. The average molecular weight is 454 g/mol. The van der Waals surface area contributed by atoms with Crippen LogP contribution in [0.25, 0.3) is 10.2 Å². The lowest BCUT2D eigenvalue weighted by atomic mass is 10.2. The minimum absolute atomic E-state index is 0.178. The fourth-order valence-electron chi connectivity index (χ4n) is 2.79. The standard InChI is InChI=1S/C21H16BrN3O2S/c1-12-13(2)28-21-18(12)20(23-11-24-21)27-15-9-7-14(8-10-15)25-19(26)16-5-3-4-6-17(16)22/h3-11H,1-2H3,(H,25,26). The van der Waals surface area contributed by atoms with E-state index in [1.165, 1.54) is 11.2 Å². The molecule has 4 aromatic rings. The Morgan fingerprint density at radius 1 is 1.07 bits per heavy atom. The van der Waals surface area contributed by atoms with Crippen LogP contribution in [0.3, 0.4) is 0 Å². The number of carbonyl (C=O) groups excluding carboxylic acids is 1. The summed E-state index contributed by atoms with van der Waals surface area (Å²) >= 11 is 5.02. The largest absolute Gasteiger partial charge is 0.438 e. The molecule has 0 atom stereocenters. The van der Waals surface area contributed by atoms with E-state index in [0.29, 0.717) is 22.9 Å². The van der Waals surface area contributed by atoms with E-state index in [2.05, 4.69) is 38.1 Å². The van der Waals surface area contributed by atoms with Crippen LogP contribution in [0.4, 0.5) is 5.69 Å². The Bertz CT molecular complexity index is 1170. The van der Waals surface area contributed by atoms with Crippen LogP contribution < -0.4 is 10.1 Å². The third-order valence-electron chi connectivity index (χ3n) is 4.38. The first kappa shape index (κ1) is 18.6.